The van der Waals surface area contributed by atoms with Gasteiger partial charge >= 0.3 is 0 Å². The number of rotatable bonds is 4. The minimum atomic E-state index is -1.65. The average Bonchev–Trinajstić information content (AvgIpc) is 2.76. The SMILES string of the molecule is O=C(CS(=O)c1ccccc1F)c1ccc(Br)s1. The summed E-state index contributed by atoms with van der Waals surface area (Å²) in [7, 11) is -1.65. The van der Waals surface area contributed by atoms with Gasteiger partial charge < -0.3 is 0 Å². The second kappa shape index (κ2) is 5.86. The number of hydrogen-bond donors (Lipinski definition) is 0. The third-order valence-electron chi connectivity index (χ3n) is 2.19. The van der Waals surface area contributed by atoms with Crippen molar-refractivity contribution in [3.05, 3.63) is 50.9 Å². The van der Waals surface area contributed by atoms with E-state index in [4.69, 9.17) is 0 Å². The fourth-order valence-corrected chi connectivity index (χ4v) is 3.84. The third kappa shape index (κ3) is 3.13. The van der Waals surface area contributed by atoms with Crippen molar-refractivity contribution in [3.8, 4) is 0 Å². The van der Waals surface area contributed by atoms with Gasteiger partial charge in [0.15, 0.2) is 5.78 Å². The molecule has 1 heterocycles. The number of benzene rings is 1. The minimum Gasteiger partial charge on any atom is -0.292 e. The van der Waals surface area contributed by atoms with Crippen LogP contribution in [0.5, 0.6) is 0 Å². The minimum absolute atomic E-state index is 0.0708. The van der Waals surface area contributed by atoms with Gasteiger partial charge in [-0.1, -0.05) is 12.1 Å². The van der Waals surface area contributed by atoms with Crippen molar-refractivity contribution in [2.75, 3.05) is 5.75 Å². The Morgan fingerprint density at radius 3 is 2.61 bits per heavy atom. The molecule has 2 aromatic rings. The highest BCUT2D eigenvalue weighted by Gasteiger charge is 2.16. The van der Waals surface area contributed by atoms with Gasteiger partial charge in [0.2, 0.25) is 0 Å². The Morgan fingerprint density at radius 1 is 1.28 bits per heavy atom. The van der Waals surface area contributed by atoms with Gasteiger partial charge in [-0.3, -0.25) is 9.00 Å². The Labute approximate surface area is 118 Å². The lowest BCUT2D eigenvalue weighted by molar-refractivity contribution is 0.102. The second-order valence-corrected chi connectivity index (χ2v) is 7.33. The summed E-state index contributed by atoms with van der Waals surface area (Å²) >= 11 is 4.53. The van der Waals surface area contributed by atoms with Crippen molar-refractivity contribution in [3.63, 3.8) is 0 Å². The van der Waals surface area contributed by atoms with E-state index in [-0.39, 0.29) is 16.4 Å². The molecule has 1 atom stereocenters. The number of halogens is 2. The van der Waals surface area contributed by atoms with Crippen LogP contribution in [0.4, 0.5) is 4.39 Å². The van der Waals surface area contributed by atoms with Crippen LogP contribution < -0.4 is 0 Å². The van der Waals surface area contributed by atoms with Crippen molar-refractivity contribution >= 4 is 43.8 Å². The van der Waals surface area contributed by atoms with Gasteiger partial charge in [0.05, 0.1) is 30.1 Å². The number of hydrogen-bond acceptors (Lipinski definition) is 3. The summed E-state index contributed by atoms with van der Waals surface area (Å²) in [5, 5.41) is 0. The molecule has 2 rings (SSSR count). The van der Waals surface area contributed by atoms with Crippen molar-refractivity contribution < 1.29 is 13.4 Å². The maximum absolute atomic E-state index is 13.4. The molecule has 0 N–H and O–H groups in total. The predicted molar refractivity (Wildman–Crippen MR) is 74.0 cm³/mol. The van der Waals surface area contributed by atoms with Crippen LogP contribution in [0.25, 0.3) is 0 Å². The molecule has 0 saturated carbocycles. The van der Waals surface area contributed by atoms with E-state index in [2.05, 4.69) is 15.9 Å². The van der Waals surface area contributed by atoms with Crippen LogP contribution in [0.3, 0.4) is 0 Å². The summed E-state index contributed by atoms with van der Waals surface area (Å²) in [6.45, 7) is 0. The summed E-state index contributed by atoms with van der Waals surface area (Å²) in [4.78, 5) is 12.4. The molecule has 2 nitrogen and oxygen atoms in total. The summed E-state index contributed by atoms with van der Waals surface area (Å²) < 4.78 is 26.1. The van der Waals surface area contributed by atoms with Crippen molar-refractivity contribution in [1.29, 1.82) is 0 Å². The molecule has 1 aromatic carbocycles. The molecule has 0 aliphatic rings. The molecule has 0 saturated heterocycles. The largest absolute Gasteiger partial charge is 0.292 e. The van der Waals surface area contributed by atoms with E-state index in [1.807, 2.05) is 0 Å². The number of Topliss-reactive ketones (excluding diaryl/α,β-unsaturated/α-hetero) is 1. The van der Waals surface area contributed by atoms with E-state index in [1.165, 1.54) is 29.5 Å². The first-order valence-corrected chi connectivity index (χ1v) is 7.92. The van der Waals surface area contributed by atoms with Crippen LogP contribution >= 0.6 is 27.3 Å². The first-order valence-electron chi connectivity index (χ1n) is 4.99. The number of thiophene rings is 1. The molecule has 18 heavy (non-hydrogen) atoms. The highest BCUT2D eigenvalue weighted by Crippen LogP contribution is 2.23. The highest BCUT2D eigenvalue weighted by molar-refractivity contribution is 9.11. The second-order valence-electron chi connectivity index (χ2n) is 3.45. The van der Waals surface area contributed by atoms with Gasteiger partial charge in [0, 0.05) is 0 Å². The van der Waals surface area contributed by atoms with Crippen LogP contribution in [0.1, 0.15) is 9.67 Å². The summed E-state index contributed by atoms with van der Waals surface area (Å²) in [5.74, 6) is -0.989. The Hall–Kier alpha value is -0.850. The first kappa shape index (κ1) is 13.6. The quantitative estimate of drug-likeness (QED) is 0.792. The van der Waals surface area contributed by atoms with Crippen molar-refractivity contribution in [1.82, 2.24) is 0 Å². The van der Waals surface area contributed by atoms with Gasteiger partial charge in [-0.15, -0.1) is 11.3 Å². The lowest BCUT2D eigenvalue weighted by atomic mass is 10.3. The highest BCUT2D eigenvalue weighted by atomic mass is 79.9. The molecule has 0 bridgehead atoms. The topological polar surface area (TPSA) is 34.1 Å². The molecular formula is C12H8BrFO2S2. The normalized spacial score (nSPS) is 12.3. The summed E-state index contributed by atoms with van der Waals surface area (Å²) in [5.41, 5.74) is 0. The van der Waals surface area contributed by atoms with E-state index < -0.39 is 16.6 Å². The Bertz CT molecular complexity index is 610. The molecule has 0 aliphatic heterocycles. The maximum atomic E-state index is 13.4. The van der Waals surface area contributed by atoms with Crippen molar-refractivity contribution in [2.45, 2.75) is 4.90 Å². The van der Waals surface area contributed by atoms with Gasteiger partial charge in [-0.05, 0) is 40.2 Å². The molecule has 0 amide bonds. The van der Waals surface area contributed by atoms with Crippen LogP contribution in [0.2, 0.25) is 0 Å². The molecule has 0 fully saturated rings. The zero-order chi connectivity index (χ0) is 13.1. The lowest BCUT2D eigenvalue weighted by Gasteiger charge is -2.01. The van der Waals surface area contributed by atoms with Crippen LogP contribution in [-0.4, -0.2) is 15.7 Å². The summed E-state index contributed by atoms with van der Waals surface area (Å²) in [6, 6.07) is 9.21. The lowest BCUT2D eigenvalue weighted by Crippen LogP contribution is -2.10. The van der Waals surface area contributed by atoms with Gasteiger partial charge in [0.1, 0.15) is 5.82 Å². The maximum Gasteiger partial charge on any atom is 0.185 e. The third-order valence-corrected chi connectivity index (χ3v) is 5.20. The zero-order valence-electron chi connectivity index (χ0n) is 9.06. The number of carbonyl (C=O) groups is 1. The molecule has 0 aliphatic carbocycles. The fourth-order valence-electron chi connectivity index (χ4n) is 1.36. The van der Waals surface area contributed by atoms with Gasteiger partial charge in [-0.2, -0.15) is 0 Å². The summed E-state index contributed by atoms with van der Waals surface area (Å²) in [6.07, 6.45) is 0. The predicted octanol–water partition coefficient (Wildman–Crippen LogP) is 3.64. The van der Waals surface area contributed by atoms with E-state index in [1.54, 1.807) is 18.2 Å². The Balaban J connectivity index is 2.13. The Morgan fingerprint density at radius 2 is 2.00 bits per heavy atom. The van der Waals surface area contributed by atoms with E-state index in [0.29, 0.717) is 4.88 Å². The van der Waals surface area contributed by atoms with Gasteiger partial charge in [0.25, 0.3) is 0 Å². The first-order chi connectivity index (χ1) is 8.58. The van der Waals surface area contributed by atoms with E-state index in [0.717, 1.165) is 3.79 Å². The average molecular weight is 347 g/mol. The van der Waals surface area contributed by atoms with Crippen LogP contribution in [0.15, 0.2) is 45.1 Å². The molecule has 0 radical (unpaired) electrons. The molecule has 6 heteroatoms. The van der Waals surface area contributed by atoms with E-state index >= 15 is 0 Å². The van der Waals surface area contributed by atoms with Crippen molar-refractivity contribution in [2.24, 2.45) is 0 Å². The smallest absolute Gasteiger partial charge is 0.185 e. The number of ketones is 1. The standard InChI is InChI=1S/C12H8BrFO2S2/c13-12-6-5-10(17-12)9(15)7-18(16)11-4-2-1-3-8(11)14/h1-6H,7H2. The van der Waals surface area contributed by atoms with Crippen LogP contribution in [-0.2, 0) is 10.8 Å². The monoisotopic (exact) mass is 346 g/mol. The molecule has 1 unspecified atom stereocenters. The Kier molecular flexibility index (Phi) is 4.42. The van der Waals surface area contributed by atoms with Crippen LogP contribution in [0, 0.1) is 5.82 Å². The fraction of sp³-hybridized carbons (Fsp3) is 0.0833. The zero-order valence-corrected chi connectivity index (χ0v) is 12.3. The van der Waals surface area contributed by atoms with E-state index in [9.17, 15) is 13.4 Å². The number of carbonyl (C=O) groups excluding carboxylic acids is 1. The molecular weight excluding hydrogens is 339 g/mol. The molecule has 1 aromatic heterocycles. The molecule has 94 valence electrons. The van der Waals surface area contributed by atoms with Gasteiger partial charge in [-0.25, -0.2) is 4.39 Å². The molecule has 0 spiro atoms.